The van der Waals surface area contributed by atoms with Gasteiger partial charge >= 0.3 is 5.69 Å². The fraction of sp³-hybridized carbons (Fsp3) is 0.0800. The second-order valence-electron chi connectivity index (χ2n) is 8.09. The maximum Gasteiger partial charge on any atom is 0.349 e. The molecule has 3 heterocycles. The zero-order valence-corrected chi connectivity index (χ0v) is 20.6. The van der Waals surface area contributed by atoms with Gasteiger partial charge in [0.05, 0.1) is 26.9 Å². The molecule has 0 unspecified atom stereocenters. The molecule has 11 heteroatoms. The van der Waals surface area contributed by atoms with Crippen LogP contribution in [0.25, 0.3) is 27.8 Å². The fourth-order valence-electron chi connectivity index (χ4n) is 3.68. The van der Waals surface area contributed by atoms with Gasteiger partial charge in [-0.05, 0) is 67.9 Å². The Hall–Kier alpha value is -4.21. The summed E-state index contributed by atoms with van der Waals surface area (Å²) in [5.41, 5.74) is 8.68. The molecule has 5 aromatic rings. The van der Waals surface area contributed by atoms with E-state index in [0.29, 0.717) is 5.75 Å². The lowest BCUT2D eigenvalue weighted by Gasteiger charge is -2.13. The topological polar surface area (TPSA) is 129 Å². The molecule has 0 spiro atoms. The number of nitrogens with zero attached hydrogens (tertiary/aromatic N) is 4. The molecule has 0 atom stereocenters. The lowest BCUT2D eigenvalue weighted by molar-refractivity contribution is 0.483. The maximum absolute atomic E-state index is 12.1. The third kappa shape index (κ3) is 4.41. The van der Waals surface area contributed by atoms with E-state index in [1.807, 2.05) is 44.2 Å². The Labute approximate surface area is 214 Å². The van der Waals surface area contributed by atoms with E-state index in [1.54, 1.807) is 12.3 Å². The molecule has 0 saturated carbocycles. The quantitative estimate of drug-likeness (QED) is 0.347. The number of pyridine rings is 2. The minimum atomic E-state index is -0.784. The number of benzene rings is 2. The molecule has 3 aromatic heterocycles. The summed E-state index contributed by atoms with van der Waals surface area (Å²) >= 11 is 12.9. The summed E-state index contributed by atoms with van der Waals surface area (Å²) < 4.78 is 6.90. The largest absolute Gasteiger partial charge is 0.454 e. The number of aryl methyl sites for hydroxylation is 2. The maximum atomic E-state index is 12.1. The van der Waals surface area contributed by atoms with Crippen molar-refractivity contribution >= 4 is 39.9 Å². The Kier molecular flexibility index (Phi) is 5.95. The normalized spacial score (nSPS) is 11.1. The monoisotopic (exact) mass is 520 g/mol. The Morgan fingerprint density at radius 3 is 2.44 bits per heavy atom. The van der Waals surface area contributed by atoms with Gasteiger partial charge in [-0.3, -0.25) is 14.8 Å². The molecule has 0 aliphatic rings. The lowest BCUT2D eigenvalue weighted by Crippen LogP contribution is -2.33. The number of aromatic nitrogens is 5. The van der Waals surface area contributed by atoms with E-state index in [-0.39, 0.29) is 27.3 Å². The van der Waals surface area contributed by atoms with E-state index < -0.39 is 11.2 Å². The molecule has 0 bridgehead atoms. The van der Waals surface area contributed by atoms with Crippen LogP contribution in [0.1, 0.15) is 11.3 Å². The van der Waals surface area contributed by atoms with Crippen LogP contribution in [-0.2, 0) is 0 Å². The lowest BCUT2D eigenvalue weighted by atomic mass is 10.1. The standard InChI is InChI=1S/C25H18Cl2N6O3/c1-12-7-21(14-4-3-13(2)29-11-14)30-20-6-5-16(10-17(12)20)36-22-18(26)8-15(9-19(22)27)33-25(35)31-24(34)23(28)32-33/h3-11H,1-2H3,(H2,28,32)(H,31,34,35). The molecular formula is C25H18Cl2N6O3. The molecule has 0 radical (unpaired) electrons. The second kappa shape index (κ2) is 9.10. The summed E-state index contributed by atoms with van der Waals surface area (Å²) in [6.07, 6.45) is 1.80. The molecule has 180 valence electrons. The Balaban J connectivity index is 1.49. The van der Waals surface area contributed by atoms with Crippen LogP contribution in [0.4, 0.5) is 5.82 Å². The Bertz CT molecular complexity index is 1740. The molecule has 0 saturated heterocycles. The van der Waals surface area contributed by atoms with Gasteiger partial charge in [0, 0.05) is 22.8 Å². The molecule has 0 fully saturated rings. The average molecular weight is 521 g/mol. The predicted molar refractivity (Wildman–Crippen MR) is 139 cm³/mol. The molecule has 36 heavy (non-hydrogen) atoms. The van der Waals surface area contributed by atoms with Crippen molar-refractivity contribution in [3.05, 3.63) is 96.9 Å². The number of hydrogen-bond donors (Lipinski definition) is 2. The first-order valence-electron chi connectivity index (χ1n) is 10.7. The van der Waals surface area contributed by atoms with Crippen LogP contribution >= 0.6 is 23.2 Å². The molecule has 0 amide bonds. The highest BCUT2D eigenvalue weighted by Crippen LogP contribution is 2.39. The van der Waals surface area contributed by atoms with Gasteiger partial charge in [0.2, 0.25) is 5.82 Å². The number of H-pyrrole nitrogens is 1. The number of rotatable bonds is 4. The molecule has 5 rings (SSSR count). The number of fused-ring (bicyclic) bond motifs is 1. The molecule has 0 aliphatic heterocycles. The van der Waals surface area contributed by atoms with Crippen LogP contribution in [-0.4, -0.2) is 24.7 Å². The van der Waals surface area contributed by atoms with Crippen molar-refractivity contribution in [2.24, 2.45) is 0 Å². The van der Waals surface area contributed by atoms with E-state index in [0.717, 1.165) is 38.1 Å². The second-order valence-corrected chi connectivity index (χ2v) is 8.90. The van der Waals surface area contributed by atoms with Gasteiger partial charge in [-0.15, -0.1) is 5.10 Å². The highest BCUT2D eigenvalue weighted by atomic mass is 35.5. The number of nitrogen functional groups attached to an aromatic ring is 1. The van der Waals surface area contributed by atoms with Crippen molar-refractivity contribution in [1.29, 1.82) is 0 Å². The van der Waals surface area contributed by atoms with Gasteiger partial charge in [0.15, 0.2) is 5.75 Å². The van der Waals surface area contributed by atoms with Crippen LogP contribution < -0.4 is 21.7 Å². The highest BCUT2D eigenvalue weighted by Gasteiger charge is 2.15. The van der Waals surface area contributed by atoms with Crippen LogP contribution in [0, 0.1) is 13.8 Å². The van der Waals surface area contributed by atoms with Gasteiger partial charge in [-0.1, -0.05) is 23.2 Å². The molecular weight excluding hydrogens is 503 g/mol. The number of halogens is 2. The van der Waals surface area contributed by atoms with Gasteiger partial charge in [0.1, 0.15) is 5.75 Å². The minimum absolute atomic E-state index is 0.133. The van der Waals surface area contributed by atoms with E-state index in [4.69, 9.17) is 38.7 Å². The number of hydrogen-bond acceptors (Lipinski definition) is 7. The van der Waals surface area contributed by atoms with Crippen molar-refractivity contribution in [2.75, 3.05) is 5.73 Å². The summed E-state index contributed by atoms with van der Waals surface area (Å²) in [5.74, 6) is 0.321. The van der Waals surface area contributed by atoms with Crippen LogP contribution in [0.2, 0.25) is 10.0 Å². The van der Waals surface area contributed by atoms with E-state index in [1.165, 1.54) is 12.1 Å². The first kappa shape index (κ1) is 23.5. The number of aromatic amines is 1. The SMILES string of the molecule is Cc1ccc(-c2cc(C)c3cc(Oc4c(Cl)cc(-n5nc(N)c(=O)[nH]c5=O)cc4Cl)ccc3n2)cn1. The van der Waals surface area contributed by atoms with Gasteiger partial charge in [0.25, 0.3) is 5.56 Å². The van der Waals surface area contributed by atoms with Crippen LogP contribution in [0.15, 0.2) is 64.3 Å². The van der Waals surface area contributed by atoms with E-state index in [9.17, 15) is 9.59 Å². The first-order valence-corrected chi connectivity index (χ1v) is 11.5. The number of nitrogens with two attached hydrogens (primary N) is 1. The summed E-state index contributed by atoms with van der Waals surface area (Å²) in [6.45, 7) is 3.93. The first-order chi connectivity index (χ1) is 17.2. The van der Waals surface area contributed by atoms with Crippen molar-refractivity contribution in [3.63, 3.8) is 0 Å². The number of ether oxygens (including phenoxy) is 1. The molecule has 3 N–H and O–H groups in total. The fourth-order valence-corrected chi connectivity index (χ4v) is 4.23. The van der Waals surface area contributed by atoms with Crippen LogP contribution in [0.5, 0.6) is 11.5 Å². The summed E-state index contributed by atoms with van der Waals surface area (Å²) in [5, 5.41) is 4.95. The third-order valence-electron chi connectivity index (χ3n) is 5.49. The summed E-state index contributed by atoms with van der Waals surface area (Å²) in [6, 6.07) is 14.3. The highest BCUT2D eigenvalue weighted by molar-refractivity contribution is 6.37. The van der Waals surface area contributed by atoms with Crippen molar-refractivity contribution in [2.45, 2.75) is 13.8 Å². The summed E-state index contributed by atoms with van der Waals surface area (Å²) in [7, 11) is 0. The van der Waals surface area contributed by atoms with Gasteiger partial charge in [-0.2, -0.15) is 4.68 Å². The van der Waals surface area contributed by atoms with E-state index in [2.05, 4.69) is 15.1 Å². The molecule has 9 nitrogen and oxygen atoms in total. The average Bonchev–Trinajstić information content (AvgIpc) is 2.84. The van der Waals surface area contributed by atoms with E-state index >= 15 is 0 Å². The Morgan fingerprint density at radius 2 is 1.75 bits per heavy atom. The number of anilines is 1. The summed E-state index contributed by atoms with van der Waals surface area (Å²) in [4.78, 5) is 34.8. The minimum Gasteiger partial charge on any atom is -0.454 e. The molecule has 2 aromatic carbocycles. The number of nitrogens with one attached hydrogen (secondary N) is 1. The van der Waals surface area contributed by atoms with Gasteiger partial charge in [-0.25, -0.2) is 9.78 Å². The Morgan fingerprint density at radius 1 is 1.00 bits per heavy atom. The zero-order valence-electron chi connectivity index (χ0n) is 19.0. The molecule has 0 aliphatic carbocycles. The van der Waals surface area contributed by atoms with Gasteiger partial charge < -0.3 is 10.5 Å². The third-order valence-corrected chi connectivity index (χ3v) is 6.06. The zero-order chi connectivity index (χ0) is 25.6. The smallest absolute Gasteiger partial charge is 0.349 e. The van der Waals surface area contributed by atoms with Crippen molar-refractivity contribution in [1.82, 2.24) is 24.7 Å². The van der Waals surface area contributed by atoms with Crippen molar-refractivity contribution < 1.29 is 4.74 Å². The predicted octanol–water partition coefficient (Wildman–Crippen LogP) is 4.83. The van der Waals surface area contributed by atoms with Crippen LogP contribution in [0.3, 0.4) is 0 Å². The van der Waals surface area contributed by atoms with Crippen molar-refractivity contribution in [3.8, 4) is 28.4 Å².